The molecular weight excluding hydrogens is 208 g/mol. The number of hydrogen-bond donors (Lipinski definition) is 1. The fourth-order valence-corrected chi connectivity index (χ4v) is 1.44. The summed E-state index contributed by atoms with van der Waals surface area (Å²) < 4.78 is 4.81. The van der Waals surface area contributed by atoms with Gasteiger partial charge in [0, 0.05) is 18.4 Å². The number of Topliss-reactive ketones (excluding diaryl/α,β-unsaturated/α-hetero) is 1. The molecule has 1 N–H and O–H groups in total. The second kappa shape index (κ2) is 4.03. The van der Waals surface area contributed by atoms with Gasteiger partial charge in [0.25, 0.3) is 0 Å². The molecule has 0 fully saturated rings. The molecule has 5 heteroatoms. The van der Waals surface area contributed by atoms with Crippen LogP contribution in [-0.4, -0.2) is 10.8 Å². The Hall–Kier alpha value is -2.35. The number of oxazole rings is 1. The third-order valence-electron chi connectivity index (χ3n) is 2.20. The van der Waals surface area contributed by atoms with Crippen LogP contribution in [0.5, 0.6) is 0 Å². The van der Waals surface area contributed by atoms with E-state index >= 15 is 0 Å². The molecule has 1 aromatic carbocycles. The summed E-state index contributed by atoms with van der Waals surface area (Å²) in [6, 6.07) is 6.61. The minimum absolute atomic E-state index is 0.120. The van der Waals surface area contributed by atoms with Crippen molar-refractivity contribution in [3.8, 4) is 6.07 Å². The van der Waals surface area contributed by atoms with E-state index in [1.807, 2.05) is 6.07 Å². The summed E-state index contributed by atoms with van der Waals surface area (Å²) in [5.74, 6) is -0.665. The standard InChI is InChI=1S/C11H8N2O3/c12-5-1-2-9(14)7-3-4-10-8(6-7)13-11(15)16-10/h3-4,6H,1-2H2,(H,13,15). The molecule has 0 aliphatic carbocycles. The minimum atomic E-state index is -0.545. The molecule has 5 nitrogen and oxygen atoms in total. The third kappa shape index (κ3) is 1.86. The molecule has 0 aliphatic heterocycles. The highest BCUT2D eigenvalue weighted by Crippen LogP contribution is 2.14. The van der Waals surface area contributed by atoms with Gasteiger partial charge in [-0.1, -0.05) is 0 Å². The molecule has 2 rings (SSSR count). The molecule has 80 valence electrons. The number of nitriles is 1. The topological polar surface area (TPSA) is 86.9 Å². The number of aromatic amines is 1. The fourth-order valence-electron chi connectivity index (χ4n) is 1.44. The van der Waals surface area contributed by atoms with Crippen molar-refractivity contribution in [3.63, 3.8) is 0 Å². The van der Waals surface area contributed by atoms with Gasteiger partial charge in [-0.15, -0.1) is 0 Å². The second-order valence-corrected chi connectivity index (χ2v) is 3.31. The summed E-state index contributed by atoms with van der Waals surface area (Å²) in [4.78, 5) is 24.9. The molecule has 0 amide bonds. The van der Waals surface area contributed by atoms with Gasteiger partial charge in [-0.05, 0) is 18.2 Å². The minimum Gasteiger partial charge on any atom is -0.408 e. The lowest BCUT2D eigenvalue weighted by molar-refractivity contribution is 0.0984. The van der Waals surface area contributed by atoms with Crippen molar-refractivity contribution in [2.45, 2.75) is 12.8 Å². The van der Waals surface area contributed by atoms with Crippen LogP contribution in [0, 0.1) is 11.3 Å². The van der Waals surface area contributed by atoms with Gasteiger partial charge in [-0.2, -0.15) is 5.26 Å². The lowest BCUT2D eigenvalue weighted by Gasteiger charge is -1.97. The zero-order chi connectivity index (χ0) is 11.5. The molecule has 0 saturated carbocycles. The maximum absolute atomic E-state index is 11.6. The largest absolute Gasteiger partial charge is 0.417 e. The second-order valence-electron chi connectivity index (χ2n) is 3.31. The van der Waals surface area contributed by atoms with Gasteiger partial charge in [0.1, 0.15) is 0 Å². The number of carbonyl (C=O) groups is 1. The van der Waals surface area contributed by atoms with E-state index < -0.39 is 5.76 Å². The van der Waals surface area contributed by atoms with Crippen molar-refractivity contribution in [2.75, 3.05) is 0 Å². The Labute approximate surface area is 90.3 Å². The number of nitrogens with zero attached hydrogens (tertiary/aromatic N) is 1. The van der Waals surface area contributed by atoms with E-state index in [1.54, 1.807) is 18.2 Å². The Balaban J connectivity index is 2.35. The summed E-state index contributed by atoms with van der Waals surface area (Å²) >= 11 is 0. The average Bonchev–Trinajstić information content (AvgIpc) is 2.64. The molecule has 0 spiro atoms. The zero-order valence-electron chi connectivity index (χ0n) is 8.32. The summed E-state index contributed by atoms with van der Waals surface area (Å²) in [5, 5.41) is 8.37. The Morgan fingerprint density at radius 2 is 2.31 bits per heavy atom. The monoisotopic (exact) mass is 216 g/mol. The number of carbonyl (C=O) groups excluding carboxylic acids is 1. The van der Waals surface area contributed by atoms with Crippen LogP contribution in [0.2, 0.25) is 0 Å². The summed E-state index contributed by atoms with van der Waals surface area (Å²) in [5.41, 5.74) is 1.38. The van der Waals surface area contributed by atoms with E-state index in [9.17, 15) is 9.59 Å². The Morgan fingerprint density at radius 3 is 3.06 bits per heavy atom. The van der Waals surface area contributed by atoms with Crippen LogP contribution in [0.25, 0.3) is 11.1 Å². The number of fused-ring (bicyclic) bond motifs is 1. The number of ketones is 1. The maximum atomic E-state index is 11.6. The highest BCUT2D eigenvalue weighted by atomic mass is 16.4. The highest BCUT2D eigenvalue weighted by Gasteiger charge is 2.08. The molecule has 16 heavy (non-hydrogen) atoms. The smallest absolute Gasteiger partial charge is 0.408 e. The number of benzene rings is 1. The molecule has 0 unspecified atom stereocenters. The lowest BCUT2D eigenvalue weighted by atomic mass is 10.1. The first-order valence-corrected chi connectivity index (χ1v) is 4.74. The van der Waals surface area contributed by atoms with Gasteiger partial charge in [0.05, 0.1) is 11.6 Å². The van der Waals surface area contributed by atoms with Crippen molar-refractivity contribution in [1.82, 2.24) is 4.98 Å². The first-order valence-electron chi connectivity index (χ1n) is 4.74. The molecule has 1 heterocycles. The van der Waals surface area contributed by atoms with Gasteiger partial charge in [-0.3, -0.25) is 9.78 Å². The highest BCUT2D eigenvalue weighted by molar-refractivity contribution is 5.98. The molecule has 0 saturated heterocycles. The third-order valence-corrected chi connectivity index (χ3v) is 2.20. The lowest BCUT2D eigenvalue weighted by Crippen LogP contribution is -1.98. The Morgan fingerprint density at radius 1 is 1.50 bits per heavy atom. The zero-order valence-corrected chi connectivity index (χ0v) is 8.32. The van der Waals surface area contributed by atoms with Crippen LogP contribution < -0.4 is 5.76 Å². The fraction of sp³-hybridized carbons (Fsp3) is 0.182. The van der Waals surface area contributed by atoms with Crippen LogP contribution in [0.4, 0.5) is 0 Å². The first-order chi connectivity index (χ1) is 7.70. The van der Waals surface area contributed by atoms with Crippen LogP contribution in [0.1, 0.15) is 23.2 Å². The molecular formula is C11H8N2O3. The van der Waals surface area contributed by atoms with E-state index in [4.69, 9.17) is 9.68 Å². The van der Waals surface area contributed by atoms with E-state index in [2.05, 4.69) is 4.98 Å². The van der Waals surface area contributed by atoms with Crippen molar-refractivity contribution in [2.24, 2.45) is 0 Å². The SMILES string of the molecule is N#CCCC(=O)c1ccc2oc(=O)[nH]c2c1. The van der Waals surface area contributed by atoms with Gasteiger partial charge in [0.15, 0.2) is 11.4 Å². The first kappa shape index (κ1) is 10.2. The van der Waals surface area contributed by atoms with Crippen LogP contribution in [-0.2, 0) is 0 Å². The number of aromatic nitrogens is 1. The van der Waals surface area contributed by atoms with Gasteiger partial charge < -0.3 is 4.42 Å². The van der Waals surface area contributed by atoms with Crippen molar-refractivity contribution in [3.05, 3.63) is 34.3 Å². The van der Waals surface area contributed by atoms with Crippen molar-refractivity contribution in [1.29, 1.82) is 5.26 Å². The van der Waals surface area contributed by atoms with E-state index in [-0.39, 0.29) is 18.6 Å². The van der Waals surface area contributed by atoms with Crippen LogP contribution in [0.15, 0.2) is 27.4 Å². The predicted octanol–water partition coefficient (Wildman–Crippen LogP) is 1.61. The average molecular weight is 216 g/mol. The Bertz CT molecular complexity index is 630. The number of nitrogens with one attached hydrogen (secondary N) is 1. The molecule has 0 radical (unpaired) electrons. The predicted molar refractivity (Wildman–Crippen MR) is 56.0 cm³/mol. The maximum Gasteiger partial charge on any atom is 0.417 e. The normalized spacial score (nSPS) is 10.2. The summed E-state index contributed by atoms with van der Waals surface area (Å²) in [6.07, 6.45) is 0.378. The number of hydrogen-bond acceptors (Lipinski definition) is 4. The van der Waals surface area contributed by atoms with Crippen molar-refractivity contribution < 1.29 is 9.21 Å². The molecule has 2 aromatic rings. The molecule has 1 aromatic heterocycles. The molecule has 0 aliphatic rings. The molecule has 0 bridgehead atoms. The van der Waals surface area contributed by atoms with Gasteiger partial charge >= 0.3 is 5.76 Å². The van der Waals surface area contributed by atoms with E-state index in [1.165, 1.54) is 0 Å². The van der Waals surface area contributed by atoms with E-state index in [0.29, 0.717) is 16.7 Å². The number of rotatable bonds is 3. The van der Waals surface area contributed by atoms with Gasteiger partial charge in [0.2, 0.25) is 0 Å². The molecule has 0 atom stereocenters. The number of H-pyrrole nitrogens is 1. The van der Waals surface area contributed by atoms with Crippen LogP contribution >= 0.6 is 0 Å². The van der Waals surface area contributed by atoms with Gasteiger partial charge in [-0.25, -0.2) is 4.79 Å². The summed E-state index contributed by atoms with van der Waals surface area (Å²) in [7, 11) is 0. The van der Waals surface area contributed by atoms with Crippen LogP contribution in [0.3, 0.4) is 0 Å². The Kier molecular flexibility index (Phi) is 2.56. The summed E-state index contributed by atoms with van der Waals surface area (Å²) in [6.45, 7) is 0. The van der Waals surface area contributed by atoms with Crippen molar-refractivity contribution >= 4 is 16.9 Å². The van der Waals surface area contributed by atoms with E-state index in [0.717, 1.165) is 0 Å². The quantitative estimate of drug-likeness (QED) is 0.789.